The van der Waals surface area contributed by atoms with Crippen LogP contribution in [0.4, 0.5) is 0 Å². The van der Waals surface area contributed by atoms with Gasteiger partial charge in [0.1, 0.15) is 6.10 Å². The Balaban J connectivity index is 2.45. The first kappa shape index (κ1) is 10.7. The molecule has 13 heavy (non-hydrogen) atoms. The van der Waals surface area contributed by atoms with Crippen molar-refractivity contribution in [1.29, 1.82) is 0 Å². The molecule has 3 heteroatoms. The molecule has 1 N–H and O–H groups in total. The third-order valence-corrected chi connectivity index (χ3v) is 2.49. The summed E-state index contributed by atoms with van der Waals surface area (Å²) in [6, 6.07) is 0. The number of hydrogen-bond donors (Lipinski definition) is 1. The minimum Gasteiger partial charge on any atom is -0.385 e. The summed E-state index contributed by atoms with van der Waals surface area (Å²) in [5.41, 5.74) is 0. The summed E-state index contributed by atoms with van der Waals surface area (Å²) in [7, 11) is 0. The molecular formula is C10H18O3. The fourth-order valence-electron chi connectivity index (χ4n) is 1.54. The van der Waals surface area contributed by atoms with Gasteiger partial charge < -0.3 is 9.84 Å². The second-order valence-electron chi connectivity index (χ2n) is 4.01. The highest BCUT2D eigenvalue weighted by atomic mass is 16.5. The van der Waals surface area contributed by atoms with Gasteiger partial charge >= 0.3 is 0 Å². The Hall–Kier alpha value is -0.410. The Morgan fingerprint density at radius 1 is 1.54 bits per heavy atom. The van der Waals surface area contributed by atoms with Gasteiger partial charge in [-0.05, 0) is 18.8 Å². The molecule has 76 valence electrons. The highest BCUT2D eigenvalue weighted by Crippen LogP contribution is 2.18. The van der Waals surface area contributed by atoms with Gasteiger partial charge in [-0.1, -0.05) is 13.8 Å². The second-order valence-corrected chi connectivity index (χ2v) is 4.01. The maximum absolute atomic E-state index is 11.6. The van der Waals surface area contributed by atoms with Gasteiger partial charge in [0.05, 0.1) is 6.61 Å². The molecule has 1 fully saturated rings. The van der Waals surface area contributed by atoms with Crippen LogP contribution >= 0.6 is 0 Å². The lowest BCUT2D eigenvalue weighted by molar-refractivity contribution is -0.137. The lowest BCUT2D eigenvalue weighted by Crippen LogP contribution is -2.36. The van der Waals surface area contributed by atoms with Crippen LogP contribution in [-0.2, 0) is 9.53 Å². The van der Waals surface area contributed by atoms with E-state index >= 15 is 0 Å². The van der Waals surface area contributed by atoms with Crippen LogP contribution in [0.15, 0.2) is 0 Å². The number of ketones is 1. The first-order valence-electron chi connectivity index (χ1n) is 4.92. The van der Waals surface area contributed by atoms with E-state index in [1.54, 1.807) is 0 Å². The van der Waals surface area contributed by atoms with Gasteiger partial charge in [0, 0.05) is 12.5 Å². The minimum atomic E-state index is -0.813. The summed E-state index contributed by atoms with van der Waals surface area (Å²) in [5, 5.41) is 9.54. The van der Waals surface area contributed by atoms with Crippen molar-refractivity contribution >= 4 is 5.78 Å². The number of carbonyl (C=O) groups excluding carboxylic acids is 1. The van der Waals surface area contributed by atoms with Crippen LogP contribution < -0.4 is 0 Å². The van der Waals surface area contributed by atoms with E-state index in [9.17, 15) is 9.90 Å². The second kappa shape index (κ2) is 4.72. The van der Waals surface area contributed by atoms with Crippen LogP contribution in [0.1, 0.15) is 26.7 Å². The lowest BCUT2D eigenvalue weighted by Gasteiger charge is -2.24. The lowest BCUT2D eigenvalue weighted by atomic mass is 9.90. The van der Waals surface area contributed by atoms with E-state index < -0.39 is 6.10 Å². The number of Topliss-reactive ketones (excluding diaryl/α,β-unsaturated/α-hetero) is 1. The molecule has 0 amide bonds. The molecule has 1 rings (SSSR count). The van der Waals surface area contributed by atoms with Crippen LogP contribution in [0.5, 0.6) is 0 Å². The molecule has 1 heterocycles. The fourth-order valence-corrected chi connectivity index (χ4v) is 1.54. The monoisotopic (exact) mass is 186 g/mol. The van der Waals surface area contributed by atoms with Crippen molar-refractivity contribution in [3.63, 3.8) is 0 Å². The highest BCUT2D eigenvalue weighted by Gasteiger charge is 2.28. The molecule has 1 aliphatic rings. The summed E-state index contributed by atoms with van der Waals surface area (Å²) in [4.78, 5) is 11.6. The Labute approximate surface area is 79.1 Å². The van der Waals surface area contributed by atoms with Crippen molar-refractivity contribution < 1.29 is 14.6 Å². The molecule has 2 atom stereocenters. The van der Waals surface area contributed by atoms with E-state index in [4.69, 9.17) is 4.74 Å². The predicted octanol–water partition coefficient (Wildman–Crippen LogP) is 0.999. The van der Waals surface area contributed by atoms with Crippen molar-refractivity contribution in [2.45, 2.75) is 32.8 Å². The molecule has 1 saturated heterocycles. The normalized spacial score (nSPS) is 26.0. The van der Waals surface area contributed by atoms with E-state index in [-0.39, 0.29) is 17.6 Å². The van der Waals surface area contributed by atoms with Crippen LogP contribution in [0.2, 0.25) is 0 Å². The van der Waals surface area contributed by atoms with Gasteiger partial charge in [-0.2, -0.15) is 0 Å². The third kappa shape index (κ3) is 2.78. The maximum Gasteiger partial charge on any atom is 0.166 e. The molecule has 0 bridgehead atoms. The zero-order chi connectivity index (χ0) is 9.84. The Kier molecular flexibility index (Phi) is 3.88. The summed E-state index contributed by atoms with van der Waals surface area (Å²) >= 11 is 0. The molecule has 0 saturated carbocycles. The van der Waals surface area contributed by atoms with Gasteiger partial charge in [0.25, 0.3) is 0 Å². The Bertz CT molecular complexity index is 171. The number of carbonyl (C=O) groups is 1. The first-order valence-corrected chi connectivity index (χ1v) is 4.92. The Morgan fingerprint density at radius 3 is 2.69 bits per heavy atom. The summed E-state index contributed by atoms with van der Waals surface area (Å²) < 4.78 is 5.20. The van der Waals surface area contributed by atoms with Gasteiger partial charge in [-0.3, -0.25) is 4.79 Å². The molecule has 3 nitrogen and oxygen atoms in total. The molecule has 0 spiro atoms. The molecular weight excluding hydrogens is 168 g/mol. The average Bonchev–Trinajstić information content (AvgIpc) is 2.17. The van der Waals surface area contributed by atoms with Crippen molar-refractivity contribution in [2.24, 2.45) is 11.8 Å². The number of aliphatic hydroxyl groups is 1. The predicted molar refractivity (Wildman–Crippen MR) is 49.4 cm³/mol. The van der Waals surface area contributed by atoms with E-state index in [1.165, 1.54) is 0 Å². The summed E-state index contributed by atoms with van der Waals surface area (Å²) in [5.74, 6) is -0.115. The zero-order valence-electron chi connectivity index (χ0n) is 8.32. The average molecular weight is 186 g/mol. The number of hydrogen-bond acceptors (Lipinski definition) is 3. The molecule has 0 aromatic heterocycles. The van der Waals surface area contributed by atoms with E-state index in [0.717, 1.165) is 19.4 Å². The molecule has 2 unspecified atom stereocenters. The SMILES string of the molecule is CC(C)C(O)C(=O)C1CCCOC1. The first-order chi connectivity index (χ1) is 6.13. The fraction of sp³-hybridized carbons (Fsp3) is 0.900. The van der Waals surface area contributed by atoms with Crippen LogP contribution in [0, 0.1) is 11.8 Å². The molecule has 1 aliphatic heterocycles. The van der Waals surface area contributed by atoms with E-state index in [2.05, 4.69) is 0 Å². The standard InChI is InChI=1S/C10H18O3/c1-7(2)9(11)10(12)8-4-3-5-13-6-8/h7-9,11H,3-6H2,1-2H3. The Morgan fingerprint density at radius 2 is 2.23 bits per heavy atom. The number of rotatable bonds is 3. The smallest absolute Gasteiger partial charge is 0.166 e. The molecule has 0 aliphatic carbocycles. The van der Waals surface area contributed by atoms with Gasteiger partial charge in [0.2, 0.25) is 0 Å². The quantitative estimate of drug-likeness (QED) is 0.715. The molecule has 0 aromatic carbocycles. The van der Waals surface area contributed by atoms with Gasteiger partial charge in [-0.15, -0.1) is 0 Å². The third-order valence-electron chi connectivity index (χ3n) is 2.49. The van der Waals surface area contributed by atoms with Crippen molar-refractivity contribution in [2.75, 3.05) is 13.2 Å². The minimum absolute atomic E-state index is 0.00873. The molecule has 0 aromatic rings. The number of aliphatic hydroxyl groups excluding tert-OH is 1. The maximum atomic E-state index is 11.6. The van der Waals surface area contributed by atoms with Crippen molar-refractivity contribution in [1.82, 2.24) is 0 Å². The van der Waals surface area contributed by atoms with Crippen LogP contribution in [0.3, 0.4) is 0 Å². The zero-order valence-corrected chi connectivity index (χ0v) is 8.32. The van der Waals surface area contributed by atoms with Crippen molar-refractivity contribution in [3.05, 3.63) is 0 Å². The largest absolute Gasteiger partial charge is 0.385 e. The van der Waals surface area contributed by atoms with Crippen LogP contribution in [-0.4, -0.2) is 30.2 Å². The topological polar surface area (TPSA) is 46.5 Å². The van der Waals surface area contributed by atoms with Crippen molar-refractivity contribution in [3.8, 4) is 0 Å². The summed E-state index contributed by atoms with van der Waals surface area (Å²) in [6.45, 7) is 4.95. The molecule has 0 radical (unpaired) electrons. The van der Waals surface area contributed by atoms with Crippen LogP contribution in [0.25, 0.3) is 0 Å². The number of ether oxygens (including phenoxy) is 1. The van der Waals surface area contributed by atoms with Gasteiger partial charge in [0.15, 0.2) is 5.78 Å². The van der Waals surface area contributed by atoms with Gasteiger partial charge in [-0.25, -0.2) is 0 Å². The van der Waals surface area contributed by atoms with E-state index in [1.807, 2.05) is 13.8 Å². The highest BCUT2D eigenvalue weighted by molar-refractivity contribution is 5.85. The summed E-state index contributed by atoms with van der Waals surface area (Å²) in [6.07, 6.45) is 0.982. The van der Waals surface area contributed by atoms with E-state index in [0.29, 0.717) is 6.61 Å².